The average Bonchev–Trinajstić information content (AvgIpc) is 3.05. The third kappa shape index (κ3) is 2.67. The van der Waals surface area contributed by atoms with Crippen LogP contribution in [0.4, 0.5) is 10.2 Å². The number of carbonyl (C=O) groups is 1. The first-order valence-corrected chi connectivity index (χ1v) is 8.07. The van der Waals surface area contributed by atoms with E-state index < -0.39 is 0 Å². The number of ether oxygens (including phenoxy) is 1. The lowest BCUT2D eigenvalue weighted by molar-refractivity contribution is -0.116. The van der Waals surface area contributed by atoms with Gasteiger partial charge in [0.2, 0.25) is 5.91 Å². The van der Waals surface area contributed by atoms with E-state index in [1.54, 1.807) is 30.5 Å². The van der Waals surface area contributed by atoms with Crippen LogP contribution in [0.15, 0.2) is 48.7 Å². The van der Waals surface area contributed by atoms with Gasteiger partial charge in [0.05, 0.1) is 19.0 Å². The number of rotatable bonds is 3. The summed E-state index contributed by atoms with van der Waals surface area (Å²) in [5, 5.41) is 17.0. The third-order valence-electron chi connectivity index (χ3n) is 4.48. The van der Waals surface area contributed by atoms with Crippen LogP contribution in [0.5, 0.6) is 11.5 Å². The summed E-state index contributed by atoms with van der Waals surface area (Å²) in [5.41, 5.74) is 2.17. The normalized spacial score (nSPS) is 16.1. The minimum atomic E-state index is -0.381. The summed E-state index contributed by atoms with van der Waals surface area (Å²) in [7, 11) is 1.47. The van der Waals surface area contributed by atoms with E-state index in [1.165, 1.54) is 30.0 Å². The van der Waals surface area contributed by atoms with Crippen molar-refractivity contribution in [2.24, 2.45) is 0 Å². The topological polar surface area (TPSA) is 76.4 Å². The standard InChI is InChI=1S/C19H16FN3O3/c1-26-17-7-11(5-6-16(17)24)14-9-18(25)22-19-15(14)10-21-23(19)13-4-2-3-12(20)8-13/h2-8,10,14,24H,9H2,1H3,(H,22,25). The number of anilines is 1. The molecule has 1 atom stereocenters. The molecule has 1 unspecified atom stereocenters. The number of aromatic hydroxyl groups is 1. The molecule has 0 spiro atoms. The number of phenols is 1. The van der Waals surface area contributed by atoms with Gasteiger partial charge >= 0.3 is 0 Å². The summed E-state index contributed by atoms with van der Waals surface area (Å²) in [5.74, 6) is 0.112. The minimum absolute atomic E-state index is 0.0344. The maximum Gasteiger partial charge on any atom is 0.226 e. The van der Waals surface area contributed by atoms with Crippen molar-refractivity contribution < 1.29 is 19.0 Å². The Labute approximate surface area is 148 Å². The predicted octanol–water partition coefficient (Wildman–Crippen LogP) is 3.20. The minimum Gasteiger partial charge on any atom is -0.504 e. The van der Waals surface area contributed by atoms with E-state index in [0.29, 0.717) is 17.3 Å². The van der Waals surface area contributed by atoms with Gasteiger partial charge < -0.3 is 15.2 Å². The van der Waals surface area contributed by atoms with Gasteiger partial charge in [0.25, 0.3) is 0 Å². The van der Waals surface area contributed by atoms with Gasteiger partial charge in [-0.2, -0.15) is 5.10 Å². The van der Waals surface area contributed by atoms with Crippen LogP contribution in [-0.4, -0.2) is 27.9 Å². The molecular weight excluding hydrogens is 337 g/mol. The summed E-state index contributed by atoms with van der Waals surface area (Å²) in [6.07, 6.45) is 1.92. The van der Waals surface area contributed by atoms with Crippen LogP contribution in [0.25, 0.3) is 5.69 Å². The molecule has 2 heterocycles. The molecule has 0 radical (unpaired) electrons. The summed E-state index contributed by atoms with van der Waals surface area (Å²) >= 11 is 0. The van der Waals surface area contributed by atoms with Gasteiger partial charge in [-0.15, -0.1) is 0 Å². The van der Waals surface area contributed by atoms with Crippen molar-refractivity contribution in [2.45, 2.75) is 12.3 Å². The van der Waals surface area contributed by atoms with E-state index in [4.69, 9.17) is 4.74 Å². The van der Waals surface area contributed by atoms with E-state index >= 15 is 0 Å². The second-order valence-corrected chi connectivity index (χ2v) is 6.08. The first kappa shape index (κ1) is 16.1. The van der Waals surface area contributed by atoms with Gasteiger partial charge in [0.1, 0.15) is 11.6 Å². The molecule has 6 nitrogen and oxygen atoms in total. The summed E-state index contributed by atoms with van der Waals surface area (Å²) in [6, 6.07) is 11.0. The lowest BCUT2D eigenvalue weighted by Gasteiger charge is -2.24. The monoisotopic (exact) mass is 353 g/mol. The quantitative estimate of drug-likeness (QED) is 0.758. The zero-order valence-corrected chi connectivity index (χ0v) is 13.9. The van der Waals surface area contributed by atoms with Crippen molar-refractivity contribution in [3.63, 3.8) is 0 Å². The maximum absolute atomic E-state index is 13.6. The number of nitrogens with one attached hydrogen (secondary N) is 1. The molecule has 0 aliphatic carbocycles. The maximum atomic E-state index is 13.6. The predicted molar refractivity (Wildman–Crippen MR) is 93.3 cm³/mol. The van der Waals surface area contributed by atoms with E-state index in [-0.39, 0.29) is 29.8 Å². The number of fused-ring (bicyclic) bond motifs is 1. The van der Waals surface area contributed by atoms with Crippen molar-refractivity contribution in [1.82, 2.24) is 9.78 Å². The molecule has 0 fully saturated rings. The number of halogens is 1. The number of carbonyl (C=O) groups excluding carboxylic acids is 1. The third-order valence-corrected chi connectivity index (χ3v) is 4.48. The molecule has 7 heteroatoms. The Morgan fingerprint density at radius 3 is 2.92 bits per heavy atom. The number of amides is 1. The van der Waals surface area contributed by atoms with Gasteiger partial charge in [0.15, 0.2) is 11.5 Å². The van der Waals surface area contributed by atoms with Crippen LogP contribution >= 0.6 is 0 Å². The number of aromatic nitrogens is 2. The van der Waals surface area contributed by atoms with Crippen LogP contribution in [0.2, 0.25) is 0 Å². The smallest absolute Gasteiger partial charge is 0.226 e. The number of phenolic OH excluding ortho intramolecular Hbond substituents is 1. The molecule has 1 aliphatic rings. The van der Waals surface area contributed by atoms with Gasteiger partial charge in [-0.05, 0) is 35.9 Å². The Kier molecular flexibility index (Phi) is 3.84. The molecule has 0 saturated carbocycles. The molecular formula is C19H16FN3O3. The Morgan fingerprint density at radius 1 is 1.31 bits per heavy atom. The highest BCUT2D eigenvalue weighted by molar-refractivity contribution is 5.94. The highest BCUT2D eigenvalue weighted by Crippen LogP contribution is 2.40. The number of nitrogens with zero attached hydrogens (tertiary/aromatic N) is 2. The molecule has 132 valence electrons. The zero-order valence-electron chi connectivity index (χ0n) is 13.9. The van der Waals surface area contributed by atoms with E-state index in [2.05, 4.69) is 10.4 Å². The van der Waals surface area contributed by atoms with Crippen LogP contribution < -0.4 is 10.1 Å². The molecule has 2 N–H and O–H groups in total. The largest absolute Gasteiger partial charge is 0.504 e. The fraction of sp³-hybridized carbons (Fsp3) is 0.158. The molecule has 26 heavy (non-hydrogen) atoms. The summed E-state index contributed by atoms with van der Waals surface area (Å²) in [4.78, 5) is 12.3. The first-order valence-electron chi connectivity index (χ1n) is 8.07. The number of benzene rings is 2. The fourth-order valence-corrected chi connectivity index (χ4v) is 3.23. The van der Waals surface area contributed by atoms with E-state index in [1.807, 2.05) is 0 Å². The number of hydrogen-bond acceptors (Lipinski definition) is 4. The molecule has 2 aromatic carbocycles. The van der Waals surface area contributed by atoms with E-state index in [9.17, 15) is 14.3 Å². The van der Waals surface area contributed by atoms with Crippen LogP contribution in [-0.2, 0) is 4.79 Å². The molecule has 1 amide bonds. The first-order chi connectivity index (χ1) is 12.6. The van der Waals surface area contributed by atoms with Crippen molar-refractivity contribution >= 4 is 11.7 Å². The average molecular weight is 353 g/mol. The molecule has 1 aromatic heterocycles. The Balaban J connectivity index is 1.81. The number of methoxy groups -OCH3 is 1. The van der Waals surface area contributed by atoms with Crippen molar-refractivity contribution in [3.8, 4) is 17.2 Å². The lowest BCUT2D eigenvalue weighted by atomic mass is 9.87. The molecule has 0 saturated heterocycles. The van der Waals surface area contributed by atoms with Crippen molar-refractivity contribution in [1.29, 1.82) is 0 Å². The summed E-state index contributed by atoms with van der Waals surface area (Å²) in [6.45, 7) is 0. The molecule has 4 rings (SSSR count). The molecule has 1 aliphatic heterocycles. The van der Waals surface area contributed by atoms with Crippen molar-refractivity contribution in [3.05, 3.63) is 65.6 Å². The molecule has 0 bridgehead atoms. The molecule has 3 aromatic rings. The lowest BCUT2D eigenvalue weighted by Crippen LogP contribution is -2.24. The highest BCUT2D eigenvalue weighted by Gasteiger charge is 2.30. The second kappa shape index (κ2) is 6.18. The Hall–Kier alpha value is -3.35. The fourth-order valence-electron chi connectivity index (χ4n) is 3.23. The Morgan fingerprint density at radius 2 is 2.15 bits per heavy atom. The van der Waals surface area contributed by atoms with Gasteiger partial charge in [-0.1, -0.05) is 12.1 Å². The van der Waals surface area contributed by atoms with Crippen molar-refractivity contribution in [2.75, 3.05) is 12.4 Å². The highest BCUT2D eigenvalue weighted by atomic mass is 19.1. The van der Waals surface area contributed by atoms with E-state index in [0.717, 1.165) is 11.1 Å². The zero-order chi connectivity index (χ0) is 18.3. The van der Waals surface area contributed by atoms with Gasteiger partial charge in [-0.3, -0.25) is 4.79 Å². The van der Waals surface area contributed by atoms with Crippen LogP contribution in [0, 0.1) is 5.82 Å². The van der Waals surface area contributed by atoms with Crippen LogP contribution in [0.1, 0.15) is 23.5 Å². The number of hydrogen-bond donors (Lipinski definition) is 2. The Bertz CT molecular complexity index is 999. The van der Waals surface area contributed by atoms with Gasteiger partial charge in [-0.25, -0.2) is 9.07 Å². The summed E-state index contributed by atoms with van der Waals surface area (Å²) < 4.78 is 20.2. The van der Waals surface area contributed by atoms with Gasteiger partial charge in [0, 0.05) is 17.9 Å². The SMILES string of the molecule is COc1cc(C2CC(=O)Nc3c2cnn3-c2cccc(F)c2)ccc1O. The second-order valence-electron chi connectivity index (χ2n) is 6.08. The van der Waals surface area contributed by atoms with Crippen LogP contribution in [0.3, 0.4) is 0 Å².